The van der Waals surface area contributed by atoms with Gasteiger partial charge in [0.25, 0.3) is 5.91 Å². The fourth-order valence-electron chi connectivity index (χ4n) is 5.32. The second kappa shape index (κ2) is 10.8. The molecular weight excluding hydrogens is 440 g/mol. The van der Waals surface area contributed by atoms with Gasteiger partial charge in [-0.25, -0.2) is 4.79 Å². The minimum absolute atomic E-state index is 0.0193. The maximum absolute atomic E-state index is 13.3. The summed E-state index contributed by atoms with van der Waals surface area (Å²) in [7, 11) is 0. The largest absolute Gasteiger partial charge is 0.501 e. The first kappa shape index (κ1) is 24.0. The van der Waals surface area contributed by atoms with E-state index < -0.39 is 11.3 Å². The third-order valence-electron chi connectivity index (χ3n) is 7.22. The van der Waals surface area contributed by atoms with Crippen LogP contribution in [-0.4, -0.2) is 69.9 Å². The topological polar surface area (TPSA) is 98.6 Å². The lowest BCUT2D eigenvalue weighted by Crippen LogP contribution is -2.58. The highest BCUT2D eigenvalue weighted by Crippen LogP contribution is 2.32. The van der Waals surface area contributed by atoms with Crippen molar-refractivity contribution in [3.8, 4) is 0 Å². The maximum Gasteiger partial charge on any atom is 0.501 e. The van der Waals surface area contributed by atoms with Gasteiger partial charge in [0.15, 0.2) is 11.8 Å². The zero-order valence-corrected chi connectivity index (χ0v) is 20.2. The number of amides is 5. The molecule has 2 aliphatic heterocycles. The van der Waals surface area contributed by atoms with Crippen LogP contribution in [0.5, 0.6) is 0 Å². The number of nitrogens with zero attached hydrogens (tertiary/aromatic N) is 2. The summed E-state index contributed by atoms with van der Waals surface area (Å²) in [6.45, 7) is 3.03. The number of hydrogen-bond donors (Lipinski definition) is 2. The standard InChI is InChI=1S/C24H34N4O4S/c1-2-12-25-22(30)17-9-7-16(8-10-17)14-28-23(31)21-19(11-13-33-21)27(24(28)32)15-20(29)26-18-5-3-4-6-18/h11,13,16-18,21H,2-10,12,14-15H2,1H3,(H-,25,26,29,30)/p+1. The Hall–Kier alpha value is -2.16. The number of allylic oxidation sites excluding steroid dienone is 1. The Morgan fingerprint density at radius 2 is 1.85 bits per heavy atom. The van der Waals surface area contributed by atoms with Crippen molar-refractivity contribution in [2.24, 2.45) is 11.8 Å². The van der Waals surface area contributed by atoms with Crippen LogP contribution in [0.2, 0.25) is 0 Å². The second-order valence-corrected chi connectivity index (χ2v) is 10.6. The molecule has 0 aromatic carbocycles. The number of nitrogens with one attached hydrogen (secondary N) is 2. The fourth-order valence-corrected chi connectivity index (χ4v) is 6.29. The van der Waals surface area contributed by atoms with Crippen LogP contribution in [0.4, 0.5) is 4.79 Å². The predicted molar refractivity (Wildman–Crippen MR) is 127 cm³/mol. The summed E-state index contributed by atoms with van der Waals surface area (Å²) in [5.41, 5.74) is 0.615. The van der Waals surface area contributed by atoms with Crippen LogP contribution in [0.3, 0.4) is 0 Å². The number of imide groups is 1. The number of fused-ring (bicyclic) bond motifs is 1. The zero-order valence-electron chi connectivity index (χ0n) is 19.4. The number of rotatable bonds is 8. The molecule has 0 bridgehead atoms. The monoisotopic (exact) mass is 475 g/mol. The molecular formula is C24H35N4O4S+. The van der Waals surface area contributed by atoms with Crippen LogP contribution in [0.25, 0.3) is 0 Å². The molecule has 180 valence electrons. The Kier molecular flexibility index (Phi) is 7.88. The summed E-state index contributed by atoms with van der Waals surface area (Å²) in [4.78, 5) is 52.7. The first-order chi connectivity index (χ1) is 16.0. The van der Waals surface area contributed by atoms with Crippen LogP contribution in [0, 0.1) is 11.8 Å². The van der Waals surface area contributed by atoms with E-state index in [1.807, 2.05) is 12.3 Å². The minimum Gasteiger partial charge on any atom is -0.356 e. The minimum atomic E-state index is -0.460. The number of hydrogen-bond acceptors (Lipinski definition) is 5. The molecule has 5 amide bonds. The summed E-state index contributed by atoms with van der Waals surface area (Å²) < 4.78 is 1.48. The molecule has 0 radical (unpaired) electrons. The molecule has 4 aliphatic rings. The van der Waals surface area contributed by atoms with Crippen molar-refractivity contribution in [2.45, 2.75) is 76.0 Å². The van der Waals surface area contributed by atoms with Gasteiger partial charge in [-0.1, -0.05) is 19.8 Å². The normalized spacial score (nSPS) is 27.8. The SMILES string of the molecule is CCCNC(=O)C1CCC(CN2C(=O)C3SC=CC3=[N+](CC(=O)NC3CCCC3)C2=O)CC1. The number of urea groups is 1. The van der Waals surface area contributed by atoms with Crippen molar-refractivity contribution >= 4 is 41.2 Å². The second-order valence-electron chi connectivity index (χ2n) is 9.62. The van der Waals surface area contributed by atoms with Crippen molar-refractivity contribution in [1.82, 2.24) is 15.5 Å². The van der Waals surface area contributed by atoms with Gasteiger partial charge < -0.3 is 10.6 Å². The van der Waals surface area contributed by atoms with Gasteiger partial charge in [0.05, 0.1) is 0 Å². The van der Waals surface area contributed by atoms with E-state index in [-0.39, 0.29) is 42.1 Å². The Labute approximate surface area is 199 Å². The zero-order chi connectivity index (χ0) is 23.4. The van der Waals surface area contributed by atoms with E-state index >= 15 is 0 Å². The quantitative estimate of drug-likeness (QED) is 0.526. The smallest absolute Gasteiger partial charge is 0.356 e. The Morgan fingerprint density at radius 3 is 2.55 bits per heavy atom. The lowest BCUT2D eigenvalue weighted by molar-refractivity contribution is -0.427. The van der Waals surface area contributed by atoms with Crippen molar-refractivity contribution in [3.63, 3.8) is 0 Å². The third-order valence-corrected chi connectivity index (χ3v) is 8.22. The van der Waals surface area contributed by atoms with E-state index in [1.54, 1.807) is 6.08 Å². The highest BCUT2D eigenvalue weighted by atomic mass is 32.2. The fraction of sp³-hybridized carbons (Fsp3) is 0.708. The molecule has 4 rings (SSSR count). The van der Waals surface area contributed by atoms with Crippen LogP contribution in [-0.2, 0) is 14.4 Å². The van der Waals surface area contributed by atoms with Crippen LogP contribution in [0.15, 0.2) is 11.5 Å². The lowest BCUT2D eigenvalue weighted by atomic mass is 9.81. The Bertz CT molecular complexity index is 857. The molecule has 0 spiro atoms. The molecule has 0 saturated heterocycles. The van der Waals surface area contributed by atoms with Gasteiger partial charge in [-0.15, -0.1) is 11.8 Å². The maximum atomic E-state index is 13.3. The van der Waals surface area contributed by atoms with E-state index in [4.69, 9.17) is 0 Å². The highest BCUT2D eigenvalue weighted by molar-refractivity contribution is 8.04. The summed E-state index contributed by atoms with van der Waals surface area (Å²) >= 11 is 1.39. The summed E-state index contributed by atoms with van der Waals surface area (Å²) in [5.74, 6) is -0.0402. The van der Waals surface area contributed by atoms with Crippen molar-refractivity contribution in [2.75, 3.05) is 19.6 Å². The number of thioether (sulfide) groups is 1. The summed E-state index contributed by atoms with van der Waals surface area (Å²) in [6, 6.07) is -0.211. The Balaban J connectivity index is 1.38. The van der Waals surface area contributed by atoms with Gasteiger partial charge in [-0.05, 0) is 62.3 Å². The summed E-state index contributed by atoms with van der Waals surface area (Å²) in [6.07, 6.45) is 10.1. The molecule has 0 aromatic heterocycles. The van der Waals surface area contributed by atoms with Gasteiger partial charge in [-0.2, -0.15) is 14.3 Å². The Morgan fingerprint density at radius 1 is 1.12 bits per heavy atom. The van der Waals surface area contributed by atoms with Gasteiger partial charge >= 0.3 is 11.9 Å². The van der Waals surface area contributed by atoms with E-state index in [0.29, 0.717) is 18.8 Å². The molecule has 2 aliphatic carbocycles. The van der Waals surface area contributed by atoms with Crippen molar-refractivity contribution in [1.29, 1.82) is 0 Å². The van der Waals surface area contributed by atoms with Gasteiger partial charge in [0.2, 0.25) is 5.91 Å². The average molecular weight is 476 g/mol. The van der Waals surface area contributed by atoms with Gasteiger partial charge in [0, 0.05) is 18.5 Å². The van der Waals surface area contributed by atoms with E-state index in [9.17, 15) is 19.2 Å². The molecule has 1 unspecified atom stereocenters. The van der Waals surface area contributed by atoms with Gasteiger partial charge in [0.1, 0.15) is 12.3 Å². The van der Waals surface area contributed by atoms with Crippen molar-refractivity contribution < 1.29 is 23.8 Å². The van der Waals surface area contributed by atoms with E-state index in [1.165, 1.54) is 21.2 Å². The van der Waals surface area contributed by atoms with Gasteiger partial charge in [-0.3, -0.25) is 9.59 Å². The van der Waals surface area contributed by atoms with E-state index in [2.05, 4.69) is 10.6 Å². The predicted octanol–water partition coefficient (Wildman–Crippen LogP) is 2.42. The molecule has 2 N–H and O–H groups in total. The summed E-state index contributed by atoms with van der Waals surface area (Å²) in [5, 5.41) is 7.39. The molecule has 33 heavy (non-hydrogen) atoms. The lowest BCUT2D eigenvalue weighted by Gasteiger charge is -2.31. The number of carbonyl (C=O) groups is 4. The molecule has 8 nitrogen and oxygen atoms in total. The van der Waals surface area contributed by atoms with E-state index in [0.717, 1.165) is 57.8 Å². The number of carbonyl (C=O) groups excluding carboxylic acids is 4. The molecule has 2 heterocycles. The molecule has 2 saturated carbocycles. The molecule has 1 atom stereocenters. The first-order valence-corrected chi connectivity index (χ1v) is 13.3. The average Bonchev–Trinajstić information content (AvgIpc) is 3.50. The molecule has 9 heteroatoms. The molecule has 2 fully saturated rings. The van der Waals surface area contributed by atoms with Crippen molar-refractivity contribution in [3.05, 3.63) is 11.5 Å². The first-order valence-electron chi connectivity index (χ1n) is 12.4. The third kappa shape index (κ3) is 5.50. The highest BCUT2D eigenvalue weighted by Gasteiger charge is 2.50. The van der Waals surface area contributed by atoms with Crippen LogP contribution in [0.1, 0.15) is 64.7 Å². The molecule has 0 aromatic rings. The van der Waals surface area contributed by atoms with Crippen LogP contribution >= 0.6 is 11.8 Å². The van der Waals surface area contributed by atoms with Crippen LogP contribution < -0.4 is 10.6 Å².